The first-order valence-electron chi connectivity index (χ1n) is 5.46. The fourth-order valence-corrected chi connectivity index (χ4v) is 1.57. The highest BCUT2D eigenvalue weighted by Gasteiger charge is 2.04. The molecule has 0 aliphatic heterocycles. The number of imidazole rings is 1. The molecule has 0 unspecified atom stereocenters. The molecule has 0 saturated carbocycles. The Kier molecular flexibility index (Phi) is 4.44. The molecule has 1 aromatic rings. The van der Waals surface area contributed by atoms with Crippen LogP contribution in [0.4, 0.5) is 0 Å². The summed E-state index contributed by atoms with van der Waals surface area (Å²) in [4.78, 5) is 4.38. The standard InChI is InChI=1S/C12H20N2/c1-4-6-8-11(7-5-2)12-13-9-10-14(12)3/h8-10H,4-7H2,1-3H3/b11-8-. The van der Waals surface area contributed by atoms with Gasteiger partial charge in [0.25, 0.3) is 0 Å². The molecule has 1 rings (SSSR count). The third-order valence-electron chi connectivity index (χ3n) is 2.31. The molecule has 0 radical (unpaired) electrons. The predicted octanol–water partition coefficient (Wildman–Crippen LogP) is 3.40. The molecule has 0 amide bonds. The summed E-state index contributed by atoms with van der Waals surface area (Å²) in [6, 6.07) is 0. The molecule has 0 saturated heterocycles. The highest BCUT2D eigenvalue weighted by atomic mass is 15.0. The van der Waals surface area contributed by atoms with Crippen LogP contribution in [0.25, 0.3) is 5.57 Å². The van der Waals surface area contributed by atoms with E-state index in [1.165, 1.54) is 18.4 Å². The van der Waals surface area contributed by atoms with Crippen molar-refractivity contribution in [1.82, 2.24) is 9.55 Å². The zero-order valence-electron chi connectivity index (χ0n) is 9.45. The van der Waals surface area contributed by atoms with Crippen molar-refractivity contribution in [3.05, 3.63) is 24.3 Å². The van der Waals surface area contributed by atoms with E-state index in [2.05, 4.69) is 36.5 Å². The van der Waals surface area contributed by atoms with Gasteiger partial charge in [0, 0.05) is 19.4 Å². The lowest BCUT2D eigenvalue weighted by Gasteiger charge is -2.06. The van der Waals surface area contributed by atoms with Gasteiger partial charge in [0.15, 0.2) is 0 Å². The molecule has 0 aliphatic rings. The number of hydrogen-bond donors (Lipinski definition) is 0. The topological polar surface area (TPSA) is 17.8 Å². The van der Waals surface area contributed by atoms with Gasteiger partial charge >= 0.3 is 0 Å². The number of hydrogen-bond acceptors (Lipinski definition) is 1. The summed E-state index contributed by atoms with van der Waals surface area (Å²) < 4.78 is 2.09. The van der Waals surface area contributed by atoms with Crippen LogP contribution >= 0.6 is 0 Å². The summed E-state index contributed by atoms with van der Waals surface area (Å²) in [7, 11) is 2.05. The Morgan fingerprint density at radius 3 is 2.71 bits per heavy atom. The van der Waals surface area contributed by atoms with Gasteiger partial charge in [-0.15, -0.1) is 0 Å². The Labute approximate surface area is 86.7 Å². The first kappa shape index (κ1) is 11.0. The molecule has 0 aliphatic carbocycles. The van der Waals surface area contributed by atoms with Crippen LogP contribution in [0.15, 0.2) is 18.5 Å². The lowest BCUT2D eigenvalue weighted by Crippen LogP contribution is -1.96. The Morgan fingerprint density at radius 1 is 1.43 bits per heavy atom. The van der Waals surface area contributed by atoms with Gasteiger partial charge in [-0.25, -0.2) is 4.98 Å². The molecule has 0 spiro atoms. The van der Waals surface area contributed by atoms with Crippen LogP contribution in [0.5, 0.6) is 0 Å². The van der Waals surface area contributed by atoms with E-state index in [4.69, 9.17) is 0 Å². The lowest BCUT2D eigenvalue weighted by molar-refractivity contribution is 0.856. The molecule has 0 bridgehead atoms. The lowest BCUT2D eigenvalue weighted by atomic mass is 10.1. The second-order valence-electron chi connectivity index (χ2n) is 3.63. The second kappa shape index (κ2) is 5.63. The van der Waals surface area contributed by atoms with Gasteiger partial charge in [0.1, 0.15) is 5.82 Å². The number of nitrogens with zero attached hydrogens (tertiary/aromatic N) is 2. The third-order valence-corrected chi connectivity index (χ3v) is 2.31. The predicted molar refractivity (Wildman–Crippen MR) is 61.0 cm³/mol. The van der Waals surface area contributed by atoms with Gasteiger partial charge in [0.2, 0.25) is 0 Å². The molecular formula is C12H20N2. The smallest absolute Gasteiger partial charge is 0.135 e. The van der Waals surface area contributed by atoms with E-state index in [9.17, 15) is 0 Å². The van der Waals surface area contributed by atoms with Crippen LogP contribution in [0.2, 0.25) is 0 Å². The zero-order valence-corrected chi connectivity index (χ0v) is 9.45. The summed E-state index contributed by atoms with van der Waals surface area (Å²) >= 11 is 0. The average Bonchev–Trinajstić information content (AvgIpc) is 2.59. The summed E-state index contributed by atoms with van der Waals surface area (Å²) in [6.07, 6.45) is 10.9. The maximum Gasteiger partial charge on any atom is 0.135 e. The number of allylic oxidation sites excluding steroid dienone is 2. The number of aromatic nitrogens is 2. The largest absolute Gasteiger partial charge is 0.334 e. The van der Waals surface area contributed by atoms with Gasteiger partial charge < -0.3 is 4.57 Å². The fourth-order valence-electron chi connectivity index (χ4n) is 1.57. The normalized spacial score (nSPS) is 12.1. The highest BCUT2D eigenvalue weighted by Crippen LogP contribution is 2.18. The molecular weight excluding hydrogens is 172 g/mol. The van der Waals surface area contributed by atoms with Crippen molar-refractivity contribution in [1.29, 1.82) is 0 Å². The maximum atomic E-state index is 4.38. The van der Waals surface area contributed by atoms with Gasteiger partial charge in [-0.05, 0) is 18.4 Å². The highest BCUT2D eigenvalue weighted by molar-refractivity contribution is 5.59. The second-order valence-corrected chi connectivity index (χ2v) is 3.63. The number of aryl methyl sites for hydroxylation is 1. The zero-order chi connectivity index (χ0) is 10.4. The van der Waals surface area contributed by atoms with Gasteiger partial charge in [-0.1, -0.05) is 32.8 Å². The minimum atomic E-state index is 1.13. The van der Waals surface area contributed by atoms with E-state index in [-0.39, 0.29) is 0 Å². The molecule has 0 fully saturated rings. The molecule has 1 heterocycles. The van der Waals surface area contributed by atoms with Crippen molar-refractivity contribution in [3.8, 4) is 0 Å². The van der Waals surface area contributed by atoms with Gasteiger partial charge in [-0.3, -0.25) is 0 Å². The van der Waals surface area contributed by atoms with E-state index >= 15 is 0 Å². The van der Waals surface area contributed by atoms with Crippen LogP contribution in [0, 0.1) is 0 Å². The Morgan fingerprint density at radius 2 is 2.21 bits per heavy atom. The Bertz CT molecular complexity index is 297. The quantitative estimate of drug-likeness (QED) is 0.699. The van der Waals surface area contributed by atoms with Crippen LogP contribution in [0.3, 0.4) is 0 Å². The van der Waals surface area contributed by atoms with Gasteiger partial charge in [0.05, 0.1) is 0 Å². The summed E-state index contributed by atoms with van der Waals surface area (Å²) in [5.74, 6) is 1.13. The average molecular weight is 192 g/mol. The number of rotatable bonds is 5. The molecule has 2 nitrogen and oxygen atoms in total. The molecule has 78 valence electrons. The monoisotopic (exact) mass is 192 g/mol. The molecule has 1 aromatic heterocycles. The van der Waals surface area contributed by atoms with E-state index in [0.29, 0.717) is 0 Å². The van der Waals surface area contributed by atoms with E-state index in [0.717, 1.165) is 18.7 Å². The van der Waals surface area contributed by atoms with E-state index in [1.807, 2.05) is 12.4 Å². The van der Waals surface area contributed by atoms with Crippen LogP contribution in [-0.4, -0.2) is 9.55 Å². The summed E-state index contributed by atoms with van der Waals surface area (Å²) in [5, 5.41) is 0. The van der Waals surface area contributed by atoms with E-state index in [1.54, 1.807) is 0 Å². The fraction of sp³-hybridized carbons (Fsp3) is 0.583. The SMILES string of the molecule is CCC/C=C(/CCC)c1nccn1C. The molecule has 0 atom stereocenters. The van der Waals surface area contributed by atoms with Gasteiger partial charge in [-0.2, -0.15) is 0 Å². The Balaban J connectivity index is 2.82. The summed E-state index contributed by atoms with van der Waals surface area (Å²) in [5.41, 5.74) is 1.39. The van der Waals surface area contributed by atoms with Crippen molar-refractivity contribution in [2.24, 2.45) is 7.05 Å². The van der Waals surface area contributed by atoms with Crippen molar-refractivity contribution in [2.75, 3.05) is 0 Å². The van der Waals surface area contributed by atoms with E-state index < -0.39 is 0 Å². The van der Waals surface area contributed by atoms with Crippen LogP contribution in [0.1, 0.15) is 45.4 Å². The maximum absolute atomic E-state index is 4.38. The van der Waals surface area contributed by atoms with Crippen molar-refractivity contribution in [3.63, 3.8) is 0 Å². The summed E-state index contributed by atoms with van der Waals surface area (Å²) in [6.45, 7) is 4.42. The molecule has 0 N–H and O–H groups in total. The van der Waals surface area contributed by atoms with Crippen molar-refractivity contribution >= 4 is 5.57 Å². The molecule has 2 heteroatoms. The Hall–Kier alpha value is -1.05. The van der Waals surface area contributed by atoms with Crippen molar-refractivity contribution < 1.29 is 0 Å². The number of unbranched alkanes of at least 4 members (excludes halogenated alkanes) is 1. The van der Waals surface area contributed by atoms with Crippen LogP contribution < -0.4 is 0 Å². The van der Waals surface area contributed by atoms with Crippen LogP contribution in [-0.2, 0) is 7.05 Å². The van der Waals surface area contributed by atoms with Crippen molar-refractivity contribution in [2.45, 2.75) is 39.5 Å². The minimum Gasteiger partial charge on any atom is -0.334 e. The molecule has 0 aromatic carbocycles. The third kappa shape index (κ3) is 2.72. The minimum absolute atomic E-state index is 1.13. The first-order chi connectivity index (χ1) is 6.79. The first-order valence-corrected chi connectivity index (χ1v) is 5.46. The molecule has 14 heavy (non-hydrogen) atoms.